The molecule has 2 amide bonds. The van der Waals surface area contributed by atoms with Gasteiger partial charge in [-0.25, -0.2) is 8.42 Å². The number of methoxy groups -OCH3 is 1. The van der Waals surface area contributed by atoms with E-state index in [0.717, 1.165) is 41.8 Å². The number of nitrogens with zero attached hydrogens (tertiary/aromatic N) is 2. The van der Waals surface area contributed by atoms with Crippen LogP contribution in [0.1, 0.15) is 36.8 Å². The number of halogens is 2. The maximum absolute atomic E-state index is 14.2. The van der Waals surface area contributed by atoms with Gasteiger partial charge in [-0.15, -0.1) is 0 Å². The molecule has 42 heavy (non-hydrogen) atoms. The Morgan fingerprint density at radius 2 is 1.67 bits per heavy atom. The molecule has 0 aromatic heterocycles. The lowest BCUT2D eigenvalue weighted by Gasteiger charge is -2.34. The molecule has 0 spiro atoms. The third kappa shape index (κ3) is 8.40. The van der Waals surface area contributed by atoms with Gasteiger partial charge in [0, 0.05) is 24.0 Å². The van der Waals surface area contributed by atoms with Crippen LogP contribution in [0.3, 0.4) is 0 Å². The first-order chi connectivity index (χ1) is 20.0. The second-order valence-electron chi connectivity index (χ2n) is 10.4. The normalized spacial score (nSPS) is 14.3. The second-order valence-corrected chi connectivity index (χ2v) is 13.2. The van der Waals surface area contributed by atoms with Gasteiger partial charge in [-0.05, 0) is 54.3 Å². The third-order valence-electron chi connectivity index (χ3n) is 7.32. The molecule has 1 aliphatic carbocycles. The van der Waals surface area contributed by atoms with Gasteiger partial charge in [0.1, 0.15) is 18.3 Å². The van der Waals surface area contributed by atoms with Crippen LogP contribution in [0.4, 0.5) is 5.69 Å². The summed E-state index contributed by atoms with van der Waals surface area (Å²) in [7, 11) is -2.47. The third-order valence-corrected chi connectivity index (χ3v) is 8.99. The lowest BCUT2D eigenvalue weighted by molar-refractivity contribution is -0.140. The molecular weight excluding hydrogens is 597 g/mol. The maximum atomic E-state index is 14.2. The number of amides is 2. The molecule has 0 radical (unpaired) electrons. The predicted octanol–water partition coefficient (Wildman–Crippen LogP) is 5.47. The van der Waals surface area contributed by atoms with Gasteiger partial charge in [-0.1, -0.05) is 78.5 Å². The highest BCUT2D eigenvalue weighted by Gasteiger charge is 2.34. The molecule has 3 aromatic rings. The summed E-state index contributed by atoms with van der Waals surface area (Å²) in [6, 6.07) is 20.1. The van der Waals surface area contributed by atoms with Crippen molar-refractivity contribution in [2.45, 2.75) is 50.7 Å². The first kappa shape index (κ1) is 31.7. The van der Waals surface area contributed by atoms with E-state index in [-0.39, 0.29) is 35.6 Å². The molecule has 1 fully saturated rings. The number of carbonyl (C=O) groups excluding carboxylic acids is 2. The Labute approximate surface area is 257 Å². The summed E-state index contributed by atoms with van der Waals surface area (Å²) in [6.45, 7) is -0.486. The monoisotopic (exact) mass is 631 g/mol. The fourth-order valence-electron chi connectivity index (χ4n) is 5.18. The number of rotatable bonds is 12. The van der Waals surface area contributed by atoms with Gasteiger partial charge in [0.15, 0.2) is 0 Å². The van der Waals surface area contributed by atoms with E-state index in [1.165, 1.54) is 30.2 Å². The Morgan fingerprint density at radius 3 is 2.29 bits per heavy atom. The highest BCUT2D eigenvalue weighted by atomic mass is 35.5. The summed E-state index contributed by atoms with van der Waals surface area (Å²) < 4.78 is 32.1. The standard InChI is InChI=1S/C31H35Cl2N3O5S/c1-41-29-16-15-26(19-27(29)33)36(42(2,39)40)21-30(37)35(20-23-11-8-12-24(32)17-23)28(18-22-9-4-3-5-10-22)31(38)34-25-13-6-7-14-25/h3-5,8-12,15-17,19,25,28H,6-7,13-14,18,20-21H2,1-2H3,(H,34,38). The number of hydrogen-bond acceptors (Lipinski definition) is 5. The Morgan fingerprint density at radius 1 is 0.976 bits per heavy atom. The fraction of sp³-hybridized carbons (Fsp3) is 0.355. The summed E-state index contributed by atoms with van der Waals surface area (Å²) in [5.74, 6) is -0.455. The minimum Gasteiger partial charge on any atom is -0.495 e. The minimum absolute atomic E-state index is 0.0351. The first-order valence-corrected chi connectivity index (χ1v) is 16.3. The van der Waals surface area contributed by atoms with E-state index in [1.54, 1.807) is 18.2 Å². The zero-order valence-electron chi connectivity index (χ0n) is 23.6. The predicted molar refractivity (Wildman–Crippen MR) is 167 cm³/mol. The van der Waals surface area contributed by atoms with Crippen molar-refractivity contribution in [3.05, 3.63) is 94.0 Å². The minimum atomic E-state index is -3.92. The molecule has 224 valence electrons. The molecule has 1 atom stereocenters. The molecule has 4 rings (SSSR count). The summed E-state index contributed by atoms with van der Waals surface area (Å²) in [5.41, 5.74) is 1.78. The summed E-state index contributed by atoms with van der Waals surface area (Å²) in [4.78, 5) is 29.5. The second kappa shape index (κ2) is 14.3. The molecule has 11 heteroatoms. The molecule has 0 saturated heterocycles. The van der Waals surface area contributed by atoms with Crippen molar-refractivity contribution in [1.29, 1.82) is 0 Å². The van der Waals surface area contributed by atoms with E-state index in [1.807, 2.05) is 36.4 Å². The van der Waals surface area contributed by atoms with Crippen molar-refractivity contribution in [2.75, 3.05) is 24.2 Å². The molecular formula is C31H35Cl2N3O5S. The quantitative estimate of drug-likeness (QED) is 0.286. The van der Waals surface area contributed by atoms with Gasteiger partial charge in [-0.2, -0.15) is 0 Å². The van der Waals surface area contributed by atoms with Crippen molar-refractivity contribution >= 4 is 50.7 Å². The number of ether oxygens (including phenoxy) is 1. The van der Waals surface area contributed by atoms with Gasteiger partial charge >= 0.3 is 0 Å². The van der Waals surface area contributed by atoms with E-state index in [0.29, 0.717) is 16.3 Å². The van der Waals surface area contributed by atoms with Crippen LogP contribution in [0, 0.1) is 0 Å². The Hall–Kier alpha value is -3.27. The molecule has 1 unspecified atom stereocenters. The maximum Gasteiger partial charge on any atom is 0.244 e. The average molecular weight is 633 g/mol. The average Bonchev–Trinajstić information content (AvgIpc) is 3.46. The number of anilines is 1. The van der Waals surface area contributed by atoms with Crippen LogP contribution < -0.4 is 14.4 Å². The summed E-state index contributed by atoms with van der Waals surface area (Å²) >= 11 is 12.6. The fourth-order valence-corrected chi connectivity index (χ4v) is 6.48. The van der Waals surface area contributed by atoms with Gasteiger partial charge in [-0.3, -0.25) is 13.9 Å². The largest absolute Gasteiger partial charge is 0.495 e. The van der Waals surface area contributed by atoms with Gasteiger partial charge in [0.25, 0.3) is 0 Å². The van der Waals surface area contributed by atoms with E-state index in [9.17, 15) is 18.0 Å². The Balaban J connectivity index is 1.73. The molecule has 0 aliphatic heterocycles. The smallest absolute Gasteiger partial charge is 0.244 e. The number of sulfonamides is 1. The van der Waals surface area contributed by atoms with Crippen molar-refractivity contribution in [1.82, 2.24) is 10.2 Å². The summed E-state index contributed by atoms with van der Waals surface area (Å²) in [6.07, 6.45) is 5.10. The van der Waals surface area contributed by atoms with E-state index in [2.05, 4.69) is 5.32 Å². The molecule has 0 bridgehead atoms. The van der Waals surface area contributed by atoms with Crippen molar-refractivity contribution in [2.24, 2.45) is 0 Å². The van der Waals surface area contributed by atoms with Crippen LogP contribution in [0.5, 0.6) is 5.75 Å². The zero-order valence-corrected chi connectivity index (χ0v) is 26.0. The Kier molecular flexibility index (Phi) is 10.8. The van der Waals surface area contributed by atoms with Gasteiger partial charge in [0.05, 0.1) is 24.1 Å². The molecule has 1 aliphatic rings. The van der Waals surface area contributed by atoms with E-state index < -0.39 is 28.5 Å². The van der Waals surface area contributed by atoms with Crippen LogP contribution in [0.15, 0.2) is 72.8 Å². The summed E-state index contributed by atoms with van der Waals surface area (Å²) in [5, 5.41) is 3.83. The number of benzene rings is 3. The number of carbonyl (C=O) groups is 2. The van der Waals surface area contributed by atoms with Crippen LogP contribution in [-0.4, -0.2) is 57.1 Å². The molecule has 0 heterocycles. The van der Waals surface area contributed by atoms with E-state index >= 15 is 0 Å². The van der Waals surface area contributed by atoms with Crippen molar-refractivity contribution in [3.8, 4) is 5.75 Å². The highest BCUT2D eigenvalue weighted by molar-refractivity contribution is 7.92. The van der Waals surface area contributed by atoms with Gasteiger partial charge in [0.2, 0.25) is 21.8 Å². The topological polar surface area (TPSA) is 96.0 Å². The first-order valence-electron chi connectivity index (χ1n) is 13.7. The Bertz CT molecular complexity index is 1500. The SMILES string of the molecule is COc1ccc(N(CC(=O)N(Cc2cccc(Cl)c2)C(Cc2ccccc2)C(=O)NC2CCCC2)S(C)(=O)=O)cc1Cl. The number of hydrogen-bond donors (Lipinski definition) is 1. The highest BCUT2D eigenvalue weighted by Crippen LogP contribution is 2.30. The molecule has 8 nitrogen and oxygen atoms in total. The van der Waals surface area contributed by atoms with Gasteiger partial charge < -0.3 is 15.0 Å². The van der Waals surface area contributed by atoms with Crippen LogP contribution >= 0.6 is 23.2 Å². The van der Waals surface area contributed by atoms with Crippen LogP contribution in [0.25, 0.3) is 0 Å². The lowest BCUT2D eigenvalue weighted by atomic mass is 10.0. The molecule has 3 aromatic carbocycles. The lowest BCUT2D eigenvalue weighted by Crippen LogP contribution is -2.54. The molecule has 1 N–H and O–H groups in total. The van der Waals surface area contributed by atoms with Crippen molar-refractivity contribution in [3.63, 3.8) is 0 Å². The number of nitrogens with one attached hydrogen (secondary N) is 1. The van der Waals surface area contributed by atoms with Crippen molar-refractivity contribution < 1.29 is 22.7 Å². The van der Waals surface area contributed by atoms with Crippen LogP contribution in [-0.2, 0) is 32.6 Å². The molecule has 1 saturated carbocycles. The van der Waals surface area contributed by atoms with E-state index in [4.69, 9.17) is 27.9 Å². The zero-order chi connectivity index (χ0) is 30.3. The van der Waals surface area contributed by atoms with Crippen LogP contribution in [0.2, 0.25) is 10.0 Å².